The molecule has 2 atom stereocenters. The van der Waals surface area contributed by atoms with Crippen molar-refractivity contribution >= 4 is 0 Å². The molecule has 0 saturated carbocycles. The van der Waals surface area contributed by atoms with Crippen LogP contribution in [0.3, 0.4) is 0 Å². The number of rotatable bonds is 1. The Labute approximate surface area is 104 Å². The molecule has 0 aliphatic heterocycles. The highest BCUT2D eigenvalue weighted by atomic mass is 16.3. The fraction of sp³-hybridized carbons (Fsp3) is 0.500. The van der Waals surface area contributed by atoms with Crippen LogP contribution < -0.4 is 0 Å². The molecule has 0 fully saturated rings. The highest BCUT2D eigenvalue weighted by Crippen LogP contribution is 2.46. The highest BCUT2D eigenvalue weighted by molar-refractivity contribution is 5.50. The third kappa shape index (κ3) is 1.73. The zero-order valence-corrected chi connectivity index (χ0v) is 11.5. The first-order chi connectivity index (χ1) is 7.87. The Morgan fingerprint density at radius 1 is 1.18 bits per heavy atom. The molecule has 2 aliphatic rings. The van der Waals surface area contributed by atoms with E-state index in [1.54, 1.807) is 0 Å². The zero-order valence-electron chi connectivity index (χ0n) is 11.5. The fourth-order valence-corrected chi connectivity index (χ4v) is 3.13. The molecule has 1 nitrogen and oxygen atoms in total. The largest absolute Gasteiger partial charge is 0.385 e. The normalized spacial score (nSPS) is 33.5. The van der Waals surface area contributed by atoms with Crippen molar-refractivity contribution in [3.63, 3.8) is 0 Å². The van der Waals surface area contributed by atoms with Crippen LogP contribution in [-0.4, -0.2) is 10.7 Å². The van der Waals surface area contributed by atoms with Crippen molar-refractivity contribution < 1.29 is 5.11 Å². The molecule has 2 rings (SSSR count). The van der Waals surface area contributed by atoms with E-state index in [1.807, 2.05) is 6.92 Å². The lowest BCUT2D eigenvalue weighted by molar-refractivity contribution is 0.0599. The standard InChI is InChI=1S/C16H22O/c1-10-11(2)13(4)16(5,17)15(12(10)3)14-8-6-7-9-14/h6-8,15,17H,9H2,1-5H3. The summed E-state index contributed by atoms with van der Waals surface area (Å²) in [6.07, 6.45) is 7.38. The van der Waals surface area contributed by atoms with Crippen molar-refractivity contribution in [1.82, 2.24) is 0 Å². The second kappa shape index (κ2) is 3.99. The van der Waals surface area contributed by atoms with E-state index in [0.29, 0.717) is 0 Å². The van der Waals surface area contributed by atoms with Crippen molar-refractivity contribution in [1.29, 1.82) is 0 Å². The molecule has 1 heteroatoms. The maximum Gasteiger partial charge on any atom is 0.0934 e. The van der Waals surface area contributed by atoms with E-state index in [0.717, 1.165) is 12.0 Å². The van der Waals surface area contributed by atoms with Gasteiger partial charge < -0.3 is 5.11 Å². The highest BCUT2D eigenvalue weighted by Gasteiger charge is 2.41. The Balaban J connectivity index is 2.53. The first-order valence-electron chi connectivity index (χ1n) is 6.31. The molecule has 0 aromatic rings. The number of aliphatic hydroxyl groups is 1. The average molecular weight is 230 g/mol. The van der Waals surface area contributed by atoms with E-state index < -0.39 is 5.60 Å². The minimum absolute atomic E-state index is 0.140. The van der Waals surface area contributed by atoms with Gasteiger partial charge in [-0.05, 0) is 57.8 Å². The van der Waals surface area contributed by atoms with Crippen molar-refractivity contribution in [2.75, 3.05) is 0 Å². The number of allylic oxidation sites excluding steroid dienone is 5. The monoisotopic (exact) mass is 230 g/mol. The zero-order chi connectivity index (χ0) is 12.8. The van der Waals surface area contributed by atoms with Gasteiger partial charge in [-0.25, -0.2) is 0 Å². The van der Waals surface area contributed by atoms with Crippen LogP contribution in [0.1, 0.15) is 41.0 Å². The van der Waals surface area contributed by atoms with Crippen LogP contribution in [0.4, 0.5) is 0 Å². The van der Waals surface area contributed by atoms with Crippen LogP contribution in [0.15, 0.2) is 46.1 Å². The van der Waals surface area contributed by atoms with E-state index in [4.69, 9.17) is 0 Å². The molecule has 2 aliphatic carbocycles. The summed E-state index contributed by atoms with van der Waals surface area (Å²) in [5, 5.41) is 10.9. The Morgan fingerprint density at radius 3 is 2.35 bits per heavy atom. The van der Waals surface area contributed by atoms with Gasteiger partial charge in [0.25, 0.3) is 0 Å². The van der Waals surface area contributed by atoms with E-state index in [-0.39, 0.29) is 5.92 Å². The molecule has 0 spiro atoms. The van der Waals surface area contributed by atoms with Crippen LogP contribution in [-0.2, 0) is 0 Å². The number of hydrogen-bond donors (Lipinski definition) is 1. The van der Waals surface area contributed by atoms with E-state index >= 15 is 0 Å². The van der Waals surface area contributed by atoms with Crippen LogP contribution >= 0.6 is 0 Å². The van der Waals surface area contributed by atoms with Gasteiger partial charge in [0.05, 0.1) is 5.60 Å². The molecule has 0 aromatic heterocycles. The van der Waals surface area contributed by atoms with Gasteiger partial charge >= 0.3 is 0 Å². The molecular formula is C16H22O. The van der Waals surface area contributed by atoms with Gasteiger partial charge in [0.2, 0.25) is 0 Å². The second-order valence-electron chi connectivity index (χ2n) is 5.51. The quantitative estimate of drug-likeness (QED) is 0.723. The lowest BCUT2D eigenvalue weighted by Gasteiger charge is -2.41. The molecule has 0 heterocycles. The van der Waals surface area contributed by atoms with Crippen LogP contribution in [0, 0.1) is 5.92 Å². The van der Waals surface area contributed by atoms with Gasteiger partial charge in [-0.1, -0.05) is 29.4 Å². The van der Waals surface area contributed by atoms with Crippen LogP contribution in [0.5, 0.6) is 0 Å². The van der Waals surface area contributed by atoms with Crippen molar-refractivity contribution in [3.05, 3.63) is 46.1 Å². The molecule has 0 amide bonds. The Morgan fingerprint density at radius 2 is 1.82 bits per heavy atom. The SMILES string of the molecule is CC1=C(C)C(C2=CC=CC2)C(C)(O)C(C)=C1C. The molecule has 0 aromatic carbocycles. The molecule has 0 saturated heterocycles. The summed E-state index contributed by atoms with van der Waals surface area (Å²) in [5.41, 5.74) is 5.60. The second-order valence-corrected chi connectivity index (χ2v) is 5.51. The summed E-state index contributed by atoms with van der Waals surface area (Å²) in [4.78, 5) is 0. The average Bonchev–Trinajstić information content (AvgIpc) is 2.77. The first kappa shape index (κ1) is 12.4. The minimum atomic E-state index is -0.745. The Kier molecular flexibility index (Phi) is 2.90. The molecular weight excluding hydrogens is 208 g/mol. The minimum Gasteiger partial charge on any atom is -0.385 e. The lowest BCUT2D eigenvalue weighted by Crippen LogP contribution is -2.41. The Hall–Kier alpha value is -1.08. The van der Waals surface area contributed by atoms with Gasteiger partial charge in [-0.15, -0.1) is 0 Å². The van der Waals surface area contributed by atoms with Gasteiger partial charge in [0.1, 0.15) is 0 Å². The summed E-state index contributed by atoms with van der Waals surface area (Å²) in [5.74, 6) is 0.140. The fourth-order valence-electron chi connectivity index (χ4n) is 3.13. The molecule has 2 unspecified atom stereocenters. The summed E-state index contributed by atoms with van der Waals surface area (Å²) < 4.78 is 0. The summed E-state index contributed by atoms with van der Waals surface area (Å²) in [7, 11) is 0. The topological polar surface area (TPSA) is 20.2 Å². The van der Waals surface area contributed by atoms with Gasteiger partial charge in [0, 0.05) is 5.92 Å². The first-order valence-corrected chi connectivity index (χ1v) is 6.31. The maximum absolute atomic E-state index is 10.9. The van der Waals surface area contributed by atoms with Crippen LogP contribution in [0.2, 0.25) is 0 Å². The van der Waals surface area contributed by atoms with Crippen molar-refractivity contribution in [3.8, 4) is 0 Å². The predicted molar refractivity (Wildman–Crippen MR) is 72.7 cm³/mol. The van der Waals surface area contributed by atoms with Gasteiger partial charge in [-0.2, -0.15) is 0 Å². The third-order valence-electron chi connectivity index (χ3n) is 4.64. The van der Waals surface area contributed by atoms with Crippen molar-refractivity contribution in [2.45, 2.75) is 46.6 Å². The Bertz CT molecular complexity index is 470. The summed E-state index contributed by atoms with van der Waals surface area (Å²) >= 11 is 0. The predicted octanol–water partition coefficient (Wildman–Crippen LogP) is 3.93. The molecule has 1 N–H and O–H groups in total. The van der Waals surface area contributed by atoms with Gasteiger partial charge in [0.15, 0.2) is 0 Å². The van der Waals surface area contributed by atoms with Crippen molar-refractivity contribution in [2.24, 2.45) is 5.92 Å². The summed E-state index contributed by atoms with van der Waals surface area (Å²) in [6.45, 7) is 10.4. The van der Waals surface area contributed by atoms with E-state index in [2.05, 4.69) is 45.9 Å². The van der Waals surface area contributed by atoms with E-state index in [1.165, 1.54) is 22.3 Å². The maximum atomic E-state index is 10.9. The third-order valence-corrected chi connectivity index (χ3v) is 4.64. The molecule has 0 radical (unpaired) electrons. The smallest absolute Gasteiger partial charge is 0.0934 e. The van der Waals surface area contributed by atoms with Crippen LogP contribution in [0.25, 0.3) is 0 Å². The van der Waals surface area contributed by atoms with E-state index in [9.17, 15) is 5.11 Å². The van der Waals surface area contributed by atoms with Gasteiger partial charge in [-0.3, -0.25) is 0 Å². The molecule has 92 valence electrons. The molecule has 17 heavy (non-hydrogen) atoms. The molecule has 0 bridgehead atoms. The summed E-state index contributed by atoms with van der Waals surface area (Å²) in [6, 6.07) is 0. The lowest BCUT2D eigenvalue weighted by atomic mass is 9.67. The number of hydrogen-bond acceptors (Lipinski definition) is 1.